The smallest absolute Gasteiger partial charge is 0.308 e. The lowest BCUT2D eigenvalue weighted by atomic mass is 10.0. The summed E-state index contributed by atoms with van der Waals surface area (Å²) in [6.07, 6.45) is 1.35. The van der Waals surface area contributed by atoms with Gasteiger partial charge in [-0.25, -0.2) is 0 Å². The maximum Gasteiger partial charge on any atom is 0.308 e. The molecule has 2 rings (SSSR count). The average molecular weight is 288 g/mol. The Bertz CT molecular complexity index is 751. The zero-order valence-corrected chi connectivity index (χ0v) is 11.7. The normalized spacial score (nSPS) is 13.6. The molecule has 0 saturated carbocycles. The topological polar surface area (TPSA) is 99.3 Å². The third-order valence-electron chi connectivity index (χ3n) is 3.53. The number of H-pyrrole nitrogens is 1. The van der Waals surface area contributed by atoms with Crippen molar-refractivity contribution in [2.75, 3.05) is 0 Å². The Morgan fingerprint density at radius 3 is 2.57 bits per heavy atom. The van der Waals surface area contributed by atoms with Gasteiger partial charge in [-0.05, 0) is 26.0 Å². The summed E-state index contributed by atoms with van der Waals surface area (Å²) < 4.78 is 0. The number of carbonyl (C=O) groups excluding carboxylic acids is 1. The molecule has 2 unspecified atom stereocenters. The molecule has 0 fully saturated rings. The van der Waals surface area contributed by atoms with Crippen molar-refractivity contribution in [2.24, 2.45) is 5.92 Å². The molecule has 0 radical (unpaired) electrons. The van der Waals surface area contributed by atoms with Gasteiger partial charge in [0.2, 0.25) is 5.43 Å². The van der Waals surface area contributed by atoms with Crippen molar-refractivity contribution < 1.29 is 14.7 Å². The number of carbonyl (C=O) groups is 2. The van der Waals surface area contributed by atoms with Crippen molar-refractivity contribution in [1.29, 1.82) is 0 Å². The van der Waals surface area contributed by atoms with Crippen LogP contribution < -0.4 is 10.7 Å². The van der Waals surface area contributed by atoms with E-state index >= 15 is 0 Å². The van der Waals surface area contributed by atoms with Gasteiger partial charge in [0.25, 0.3) is 5.91 Å². The van der Waals surface area contributed by atoms with E-state index in [2.05, 4.69) is 10.3 Å². The van der Waals surface area contributed by atoms with Crippen molar-refractivity contribution in [1.82, 2.24) is 10.3 Å². The third kappa shape index (κ3) is 2.94. The van der Waals surface area contributed by atoms with Gasteiger partial charge in [-0.3, -0.25) is 14.4 Å². The van der Waals surface area contributed by atoms with E-state index in [-0.39, 0.29) is 11.0 Å². The Balaban J connectivity index is 2.30. The second-order valence-corrected chi connectivity index (χ2v) is 4.97. The number of hydrogen-bond acceptors (Lipinski definition) is 3. The Morgan fingerprint density at radius 2 is 1.90 bits per heavy atom. The zero-order chi connectivity index (χ0) is 15.6. The number of benzene rings is 1. The molecular weight excluding hydrogens is 272 g/mol. The number of amides is 1. The summed E-state index contributed by atoms with van der Waals surface area (Å²) in [6, 6.07) is 6.30. The van der Waals surface area contributed by atoms with Crippen LogP contribution in [0.3, 0.4) is 0 Å². The summed E-state index contributed by atoms with van der Waals surface area (Å²) >= 11 is 0. The van der Waals surface area contributed by atoms with Gasteiger partial charge in [0.15, 0.2) is 0 Å². The van der Waals surface area contributed by atoms with Crippen LogP contribution in [0, 0.1) is 5.92 Å². The number of hydrogen-bond donors (Lipinski definition) is 3. The van der Waals surface area contributed by atoms with Crippen molar-refractivity contribution in [3.63, 3.8) is 0 Å². The van der Waals surface area contributed by atoms with Gasteiger partial charge in [0, 0.05) is 23.1 Å². The fourth-order valence-corrected chi connectivity index (χ4v) is 1.96. The molecule has 0 aliphatic carbocycles. The summed E-state index contributed by atoms with van der Waals surface area (Å²) in [7, 11) is 0. The van der Waals surface area contributed by atoms with E-state index in [9.17, 15) is 14.4 Å². The number of para-hydroxylation sites is 1. The van der Waals surface area contributed by atoms with E-state index in [4.69, 9.17) is 5.11 Å². The fraction of sp³-hybridized carbons (Fsp3) is 0.267. The van der Waals surface area contributed by atoms with Crippen LogP contribution in [-0.4, -0.2) is 28.0 Å². The quantitative estimate of drug-likeness (QED) is 0.791. The van der Waals surface area contributed by atoms with Crippen LogP contribution in [0.4, 0.5) is 0 Å². The number of pyridine rings is 1. The van der Waals surface area contributed by atoms with E-state index in [1.807, 2.05) is 0 Å². The summed E-state index contributed by atoms with van der Waals surface area (Å²) in [5, 5.41) is 11.9. The van der Waals surface area contributed by atoms with Crippen LogP contribution >= 0.6 is 0 Å². The maximum atomic E-state index is 12.3. The van der Waals surface area contributed by atoms with Gasteiger partial charge in [0.1, 0.15) is 5.56 Å². The first-order valence-electron chi connectivity index (χ1n) is 6.56. The fourth-order valence-electron chi connectivity index (χ4n) is 1.96. The van der Waals surface area contributed by atoms with Crippen molar-refractivity contribution in [3.05, 3.63) is 46.2 Å². The molecule has 0 saturated heterocycles. The molecule has 3 N–H and O–H groups in total. The molecular formula is C15H16N2O4. The Hall–Kier alpha value is -2.63. The van der Waals surface area contributed by atoms with Crippen LogP contribution in [-0.2, 0) is 4.79 Å². The van der Waals surface area contributed by atoms with Crippen molar-refractivity contribution in [3.8, 4) is 0 Å². The minimum atomic E-state index is -1.00. The van der Waals surface area contributed by atoms with E-state index in [1.54, 1.807) is 31.2 Å². The lowest BCUT2D eigenvalue weighted by Gasteiger charge is -2.17. The first-order chi connectivity index (χ1) is 9.91. The first-order valence-corrected chi connectivity index (χ1v) is 6.56. The van der Waals surface area contributed by atoms with Crippen LogP contribution in [0.15, 0.2) is 35.3 Å². The average Bonchev–Trinajstić information content (AvgIpc) is 2.46. The molecule has 0 spiro atoms. The molecule has 6 nitrogen and oxygen atoms in total. The lowest BCUT2D eigenvalue weighted by Crippen LogP contribution is -2.41. The molecule has 2 atom stereocenters. The summed E-state index contributed by atoms with van der Waals surface area (Å²) in [5.41, 5.74) is 0.237. The molecule has 2 aromatic rings. The van der Waals surface area contributed by atoms with Crippen LogP contribution in [0.1, 0.15) is 24.2 Å². The van der Waals surface area contributed by atoms with Crippen LogP contribution in [0.25, 0.3) is 10.9 Å². The van der Waals surface area contributed by atoms with Gasteiger partial charge < -0.3 is 15.4 Å². The van der Waals surface area contributed by atoms with Crippen LogP contribution in [0.2, 0.25) is 0 Å². The number of rotatable bonds is 4. The van der Waals surface area contributed by atoms with E-state index < -0.39 is 23.8 Å². The predicted octanol–water partition coefficient (Wildman–Crippen LogP) is 1.37. The van der Waals surface area contributed by atoms with E-state index in [0.29, 0.717) is 10.9 Å². The number of carboxylic acid groups (broad SMARTS) is 1. The molecule has 0 aliphatic rings. The molecule has 110 valence electrons. The summed E-state index contributed by atoms with van der Waals surface area (Å²) in [5.74, 6) is -2.33. The highest BCUT2D eigenvalue weighted by atomic mass is 16.4. The highest BCUT2D eigenvalue weighted by Crippen LogP contribution is 2.08. The van der Waals surface area contributed by atoms with Crippen LogP contribution in [0.5, 0.6) is 0 Å². The largest absolute Gasteiger partial charge is 0.481 e. The van der Waals surface area contributed by atoms with E-state index in [1.165, 1.54) is 13.1 Å². The summed E-state index contributed by atoms with van der Waals surface area (Å²) in [4.78, 5) is 38.2. The summed E-state index contributed by atoms with van der Waals surface area (Å²) in [6.45, 7) is 3.09. The number of aromatic amines is 1. The number of fused-ring (bicyclic) bond motifs is 1. The zero-order valence-electron chi connectivity index (χ0n) is 11.7. The second-order valence-electron chi connectivity index (χ2n) is 4.97. The van der Waals surface area contributed by atoms with E-state index in [0.717, 1.165) is 0 Å². The second kappa shape index (κ2) is 5.78. The van der Waals surface area contributed by atoms with Crippen molar-refractivity contribution >= 4 is 22.8 Å². The number of aromatic nitrogens is 1. The Labute approximate surface area is 120 Å². The molecule has 6 heteroatoms. The van der Waals surface area contributed by atoms with Gasteiger partial charge in [-0.15, -0.1) is 0 Å². The lowest BCUT2D eigenvalue weighted by molar-refractivity contribution is -0.141. The minimum Gasteiger partial charge on any atom is -0.481 e. The predicted molar refractivity (Wildman–Crippen MR) is 78.3 cm³/mol. The number of nitrogens with one attached hydrogen (secondary N) is 2. The molecule has 0 bridgehead atoms. The SMILES string of the molecule is CC(NC(=O)c1c[nH]c2ccccc2c1=O)C(C)C(=O)O. The maximum absolute atomic E-state index is 12.3. The minimum absolute atomic E-state index is 0.0295. The monoisotopic (exact) mass is 288 g/mol. The molecule has 1 amide bonds. The Morgan fingerprint density at radius 1 is 1.24 bits per heavy atom. The van der Waals surface area contributed by atoms with Gasteiger partial charge in [-0.2, -0.15) is 0 Å². The Kier molecular flexibility index (Phi) is 4.07. The van der Waals surface area contributed by atoms with Gasteiger partial charge in [-0.1, -0.05) is 12.1 Å². The molecule has 21 heavy (non-hydrogen) atoms. The molecule has 1 aromatic carbocycles. The van der Waals surface area contributed by atoms with Gasteiger partial charge in [0.05, 0.1) is 5.92 Å². The molecule has 1 aromatic heterocycles. The molecule has 1 heterocycles. The highest BCUT2D eigenvalue weighted by Gasteiger charge is 2.22. The van der Waals surface area contributed by atoms with Crippen molar-refractivity contribution in [2.45, 2.75) is 19.9 Å². The number of carboxylic acids is 1. The van der Waals surface area contributed by atoms with Gasteiger partial charge >= 0.3 is 5.97 Å². The highest BCUT2D eigenvalue weighted by molar-refractivity contribution is 5.97. The third-order valence-corrected chi connectivity index (χ3v) is 3.53. The standard InChI is InChI=1S/C15H16N2O4/c1-8(15(20)21)9(2)17-14(19)11-7-16-12-6-4-3-5-10(12)13(11)18/h3-9H,1-2H3,(H,16,18)(H,17,19)(H,20,21). The first kappa shape index (κ1) is 14.8. The number of aliphatic carboxylic acids is 1. The molecule has 0 aliphatic heterocycles.